The highest BCUT2D eigenvalue weighted by Gasteiger charge is 2.24. The van der Waals surface area contributed by atoms with Crippen LogP contribution in [-0.2, 0) is 10.2 Å². The zero-order valence-corrected chi connectivity index (χ0v) is 9.26. The van der Waals surface area contributed by atoms with Crippen LogP contribution in [0.15, 0.2) is 0 Å². The highest BCUT2D eigenvalue weighted by molar-refractivity contribution is 7.87. The summed E-state index contributed by atoms with van der Waals surface area (Å²) in [5.41, 5.74) is 0. The molecule has 0 saturated carbocycles. The first kappa shape index (κ1) is 11.9. The molecule has 0 aliphatic carbocycles. The molecule has 1 fully saturated rings. The Morgan fingerprint density at radius 3 is 2.50 bits per heavy atom. The lowest BCUT2D eigenvalue weighted by Crippen LogP contribution is -2.41. The zero-order chi connectivity index (χ0) is 10.6. The maximum absolute atomic E-state index is 11.6. The lowest BCUT2D eigenvalue weighted by molar-refractivity contribution is 0.238. The van der Waals surface area contributed by atoms with Crippen molar-refractivity contribution in [3.8, 4) is 0 Å². The van der Waals surface area contributed by atoms with Gasteiger partial charge in [0, 0.05) is 26.2 Å². The van der Waals surface area contributed by atoms with E-state index in [0.29, 0.717) is 19.6 Å². The summed E-state index contributed by atoms with van der Waals surface area (Å²) < 4.78 is 27.1. The molecular formula is C8H18N2O3S. The van der Waals surface area contributed by atoms with Crippen LogP contribution in [-0.4, -0.2) is 44.1 Å². The summed E-state index contributed by atoms with van der Waals surface area (Å²) in [6, 6.07) is 0. The van der Waals surface area contributed by atoms with Gasteiger partial charge in [-0.05, 0) is 18.8 Å². The summed E-state index contributed by atoms with van der Waals surface area (Å²) in [6.45, 7) is 3.33. The van der Waals surface area contributed by atoms with Crippen molar-refractivity contribution in [2.24, 2.45) is 5.92 Å². The van der Waals surface area contributed by atoms with E-state index in [0.717, 1.165) is 12.8 Å². The number of hydrogen-bond donors (Lipinski definition) is 2. The van der Waals surface area contributed by atoms with Crippen LogP contribution >= 0.6 is 0 Å². The molecule has 0 aromatic heterocycles. The predicted octanol–water partition coefficient (Wildman–Crippen LogP) is -0.455. The maximum atomic E-state index is 11.6. The minimum atomic E-state index is -3.29. The topological polar surface area (TPSA) is 69.6 Å². The fourth-order valence-corrected chi connectivity index (χ4v) is 2.75. The van der Waals surface area contributed by atoms with Crippen LogP contribution in [0, 0.1) is 5.92 Å². The van der Waals surface area contributed by atoms with E-state index in [2.05, 4.69) is 4.72 Å². The molecule has 84 valence electrons. The SMILES string of the molecule is CC(CO)CNS(=O)(=O)N1CCCC1. The first-order chi connectivity index (χ1) is 6.56. The Hall–Kier alpha value is -0.170. The molecule has 1 unspecified atom stereocenters. The fourth-order valence-electron chi connectivity index (χ4n) is 1.33. The van der Waals surface area contributed by atoms with E-state index in [-0.39, 0.29) is 12.5 Å². The average molecular weight is 222 g/mol. The molecule has 1 atom stereocenters. The summed E-state index contributed by atoms with van der Waals surface area (Å²) in [6.07, 6.45) is 1.88. The monoisotopic (exact) mass is 222 g/mol. The lowest BCUT2D eigenvalue weighted by atomic mass is 10.2. The van der Waals surface area contributed by atoms with Crippen LogP contribution < -0.4 is 4.72 Å². The third-order valence-corrected chi connectivity index (χ3v) is 3.91. The summed E-state index contributed by atoms with van der Waals surface area (Å²) in [5.74, 6) is -0.0348. The molecule has 1 heterocycles. The minimum absolute atomic E-state index is 0.00250. The first-order valence-electron chi connectivity index (χ1n) is 4.92. The van der Waals surface area contributed by atoms with Crippen molar-refractivity contribution in [3.05, 3.63) is 0 Å². The third kappa shape index (κ3) is 3.20. The van der Waals surface area contributed by atoms with Crippen molar-refractivity contribution in [2.75, 3.05) is 26.2 Å². The van der Waals surface area contributed by atoms with E-state index < -0.39 is 10.2 Å². The van der Waals surface area contributed by atoms with Gasteiger partial charge in [-0.3, -0.25) is 0 Å². The van der Waals surface area contributed by atoms with Crippen LogP contribution in [0.4, 0.5) is 0 Å². The number of rotatable bonds is 5. The highest BCUT2D eigenvalue weighted by Crippen LogP contribution is 2.11. The molecule has 14 heavy (non-hydrogen) atoms. The molecule has 0 amide bonds. The number of aliphatic hydroxyl groups excluding tert-OH is 1. The average Bonchev–Trinajstić information content (AvgIpc) is 2.67. The molecule has 1 rings (SSSR count). The van der Waals surface area contributed by atoms with Crippen molar-refractivity contribution in [2.45, 2.75) is 19.8 Å². The van der Waals surface area contributed by atoms with E-state index in [1.54, 1.807) is 6.92 Å². The second-order valence-electron chi connectivity index (χ2n) is 3.75. The van der Waals surface area contributed by atoms with Crippen LogP contribution in [0.3, 0.4) is 0 Å². The molecule has 1 aliphatic rings. The van der Waals surface area contributed by atoms with Crippen molar-refractivity contribution >= 4 is 10.2 Å². The number of nitrogens with one attached hydrogen (secondary N) is 1. The van der Waals surface area contributed by atoms with Crippen molar-refractivity contribution in [3.63, 3.8) is 0 Å². The Bertz CT molecular complexity index is 260. The van der Waals surface area contributed by atoms with Gasteiger partial charge in [0.05, 0.1) is 0 Å². The minimum Gasteiger partial charge on any atom is -0.396 e. The molecule has 2 N–H and O–H groups in total. The Labute approximate surface area is 85.3 Å². The molecule has 0 bridgehead atoms. The van der Waals surface area contributed by atoms with Gasteiger partial charge in [-0.2, -0.15) is 12.7 Å². The smallest absolute Gasteiger partial charge is 0.279 e. The Kier molecular flexibility index (Phi) is 4.31. The molecule has 0 aromatic rings. The van der Waals surface area contributed by atoms with E-state index in [9.17, 15) is 8.42 Å². The van der Waals surface area contributed by atoms with Gasteiger partial charge in [0.15, 0.2) is 0 Å². The summed E-state index contributed by atoms with van der Waals surface area (Å²) >= 11 is 0. The van der Waals surface area contributed by atoms with Gasteiger partial charge in [0.25, 0.3) is 10.2 Å². The maximum Gasteiger partial charge on any atom is 0.279 e. The van der Waals surface area contributed by atoms with Gasteiger partial charge in [0.1, 0.15) is 0 Å². The second-order valence-corrected chi connectivity index (χ2v) is 5.50. The third-order valence-electron chi connectivity index (χ3n) is 2.33. The number of aliphatic hydroxyl groups is 1. The summed E-state index contributed by atoms with van der Waals surface area (Å²) in [4.78, 5) is 0. The first-order valence-corrected chi connectivity index (χ1v) is 6.36. The van der Waals surface area contributed by atoms with Crippen LogP contribution in [0.5, 0.6) is 0 Å². The van der Waals surface area contributed by atoms with Gasteiger partial charge in [-0.15, -0.1) is 0 Å². The standard InChI is InChI=1S/C8H18N2O3S/c1-8(7-11)6-9-14(12,13)10-4-2-3-5-10/h8-9,11H,2-7H2,1H3. The van der Waals surface area contributed by atoms with Crippen molar-refractivity contribution in [1.82, 2.24) is 9.03 Å². The van der Waals surface area contributed by atoms with Gasteiger partial charge in [-0.25, -0.2) is 4.72 Å². The van der Waals surface area contributed by atoms with Crippen LogP contribution in [0.2, 0.25) is 0 Å². The van der Waals surface area contributed by atoms with Gasteiger partial charge >= 0.3 is 0 Å². The fraction of sp³-hybridized carbons (Fsp3) is 1.00. The number of hydrogen-bond acceptors (Lipinski definition) is 3. The Morgan fingerprint density at radius 2 is 2.00 bits per heavy atom. The van der Waals surface area contributed by atoms with E-state index >= 15 is 0 Å². The van der Waals surface area contributed by atoms with Crippen molar-refractivity contribution < 1.29 is 13.5 Å². The molecule has 6 heteroatoms. The molecule has 1 saturated heterocycles. The van der Waals surface area contributed by atoms with Gasteiger partial charge in [0.2, 0.25) is 0 Å². The molecule has 1 aliphatic heterocycles. The summed E-state index contributed by atoms with van der Waals surface area (Å²) in [5, 5.41) is 8.75. The highest BCUT2D eigenvalue weighted by atomic mass is 32.2. The molecule has 0 aromatic carbocycles. The molecule has 0 spiro atoms. The van der Waals surface area contributed by atoms with E-state index in [1.807, 2.05) is 0 Å². The Morgan fingerprint density at radius 1 is 1.43 bits per heavy atom. The largest absolute Gasteiger partial charge is 0.396 e. The Balaban J connectivity index is 2.41. The molecular weight excluding hydrogens is 204 g/mol. The van der Waals surface area contributed by atoms with Gasteiger partial charge in [-0.1, -0.05) is 6.92 Å². The quantitative estimate of drug-likeness (QED) is 0.661. The summed E-state index contributed by atoms with van der Waals surface area (Å²) in [7, 11) is -3.29. The molecule has 5 nitrogen and oxygen atoms in total. The van der Waals surface area contributed by atoms with E-state index in [4.69, 9.17) is 5.11 Å². The van der Waals surface area contributed by atoms with Gasteiger partial charge < -0.3 is 5.11 Å². The van der Waals surface area contributed by atoms with Crippen LogP contribution in [0.25, 0.3) is 0 Å². The number of nitrogens with zero attached hydrogens (tertiary/aromatic N) is 1. The second kappa shape index (κ2) is 5.06. The molecule has 0 radical (unpaired) electrons. The van der Waals surface area contributed by atoms with E-state index in [1.165, 1.54) is 4.31 Å². The van der Waals surface area contributed by atoms with Crippen molar-refractivity contribution in [1.29, 1.82) is 0 Å². The zero-order valence-electron chi connectivity index (χ0n) is 8.44. The predicted molar refractivity (Wildman–Crippen MR) is 54.0 cm³/mol. The normalized spacial score (nSPS) is 21.3. The van der Waals surface area contributed by atoms with Crippen LogP contribution in [0.1, 0.15) is 19.8 Å². The lowest BCUT2D eigenvalue weighted by Gasteiger charge is -2.17.